The Bertz CT molecular complexity index is 872. The fourth-order valence-corrected chi connectivity index (χ4v) is 4.18. The highest BCUT2D eigenvalue weighted by atomic mass is 32.1. The highest BCUT2D eigenvalue weighted by Crippen LogP contribution is 2.31. The number of H-pyrrole nitrogens is 1. The van der Waals surface area contributed by atoms with E-state index in [9.17, 15) is 4.79 Å². The summed E-state index contributed by atoms with van der Waals surface area (Å²) in [6.45, 7) is 2.04. The number of hydrogen-bond acceptors (Lipinski definition) is 4. The van der Waals surface area contributed by atoms with Gasteiger partial charge in [0.15, 0.2) is 5.65 Å². The highest BCUT2D eigenvalue weighted by molar-refractivity contribution is 7.09. The van der Waals surface area contributed by atoms with E-state index < -0.39 is 0 Å². The fraction of sp³-hybridized carbons (Fsp3) is 0.471. The van der Waals surface area contributed by atoms with Gasteiger partial charge in [-0.05, 0) is 30.7 Å². The minimum atomic E-state index is -0.0531. The summed E-state index contributed by atoms with van der Waals surface area (Å²) in [6.07, 6.45) is 6.16. The lowest BCUT2D eigenvalue weighted by Gasteiger charge is -2.10. The first-order chi connectivity index (χ1) is 11.3. The zero-order chi connectivity index (χ0) is 15.8. The molecule has 6 heteroatoms. The van der Waals surface area contributed by atoms with Crippen molar-refractivity contribution in [3.8, 4) is 0 Å². The summed E-state index contributed by atoms with van der Waals surface area (Å²) in [5.74, 6) is 0.728. The maximum absolute atomic E-state index is 12.6. The van der Waals surface area contributed by atoms with Crippen LogP contribution in [0.15, 0.2) is 22.3 Å². The number of hydrogen-bond donors (Lipinski definition) is 1. The van der Waals surface area contributed by atoms with Gasteiger partial charge in [0, 0.05) is 11.3 Å². The Morgan fingerprint density at radius 3 is 2.91 bits per heavy atom. The summed E-state index contributed by atoms with van der Waals surface area (Å²) in [5, 5.41) is 7.45. The molecule has 0 spiro atoms. The second kappa shape index (κ2) is 5.92. The number of fused-ring (bicyclic) bond motifs is 1. The molecule has 0 bridgehead atoms. The maximum Gasteiger partial charge on any atom is 0.262 e. The van der Waals surface area contributed by atoms with E-state index in [1.165, 1.54) is 17.7 Å². The van der Waals surface area contributed by atoms with Crippen LogP contribution in [0, 0.1) is 0 Å². The second-order valence-corrected chi connectivity index (χ2v) is 7.18. The van der Waals surface area contributed by atoms with Gasteiger partial charge in [-0.25, -0.2) is 9.67 Å². The molecule has 0 aromatic carbocycles. The lowest BCUT2D eigenvalue weighted by Crippen LogP contribution is -2.14. The molecule has 3 heterocycles. The van der Waals surface area contributed by atoms with Gasteiger partial charge in [0.25, 0.3) is 5.56 Å². The van der Waals surface area contributed by atoms with E-state index >= 15 is 0 Å². The van der Waals surface area contributed by atoms with Gasteiger partial charge in [0.1, 0.15) is 11.2 Å². The summed E-state index contributed by atoms with van der Waals surface area (Å²) in [4.78, 5) is 21.5. The average molecular weight is 328 g/mol. The Hall–Kier alpha value is -1.95. The number of aryl methyl sites for hydroxylation is 1. The molecular formula is C17H20N4OS. The molecule has 1 aliphatic rings. The predicted molar refractivity (Wildman–Crippen MR) is 92.2 cm³/mol. The maximum atomic E-state index is 12.6. The van der Waals surface area contributed by atoms with Crippen molar-refractivity contribution in [2.24, 2.45) is 0 Å². The van der Waals surface area contributed by atoms with Gasteiger partial charge in [0.2, 0.25) is 0 Å². The van der Waals surface area contributed by atoms with Crippen LogP contribution in [0.1, 0.15) is 55.0 Å². The smallest absolute Gasteiger partial charge is 0.262 e. The van der Waals surface area contributed by atoms with Gasteiger partial charge in [0.05, 0.1) is 11.7 Å². The molecule has 3 aromatic rings. The molecule has 120 valence electrons. The Morgan fingerprint density at radius 1 is 1.39 bits per heavy atom. The summed E-state index contributed by atoms with van der Waals surface area (Å²) >= 11 is 1.68. The molecule has 0 amide bonds. The lowest BCUT2D eigenvalue weighted by molar-refractivity contribution is 0.474. The van der Waals surface area contributed by atoms with E-state index in [1.807, 2.05) is 23.1 Å². The van der Waals surface area contributed by atoms with Crippen molar-refractivity contribution in [3.63, 3.8) is 0 Å². The minimum absolute atomic E-state index is 0.0531. The van der Waals surface area contributed by atoms with Crippen LogP contribution in [0.3, 0.4) is 0 Å². The molecule has 0 radical (unpaired) electrons. The van der Waals surface area contributed by atoms with Gasteiger partial charge in [-0.1, -0.05) is 25.8 Å². The van der Waals surface area contributed by atoms with E-state index in [0.29, 0.717) is 17.8 Å². The molecule has 0 saturated heterocycles. The predicted octanol–water partition coefficient (Wildman–Crippen LogP) is 3.45. The number of thiophene rings is 1. The molecular weight excluding hydrogens is 308 g/mol. The minimum Gasteiger partial charge on any atom is -0.310 e. The zero-order valence-corrected chi connectivity index (χ0v) is 14.0. The van der Waals surface area contributed by atoms with E-state index in [1.54, 1.807) is 11.3 Å². The number of aromatic nitrogens is 4. The summed E-state index contributed by atoms with van der Waals surface area (Å²) in [6, 6.07) is 4.48. The Kier molecular flexibility index (Phi) is 3.77. The monoisotopic (exact) mass is 328 g/mol. The fourth-order valence-electron chi connectivity index (χ4n) is 3.47. The molecule has 23 heavy (non-hydrogen) atoms. The molecule has 1 aliphatic carbocycles. The van der Waals surface area contributed by atoms with Crippen LogP contribution in [0.5, 0.6) is 0 Å². The summed E-state index contributed by atoms with van der Waals surface area (Å²) in [5.41, 5.74) is 1.58. The van der Waals surface area contributed by atoms with Gasteiger partial charge in [-0.15, -0.1) is 11.3 Å². The molecule has 5 nitrogen and oxygen atoms in total. The Labute approximate surface area is 138 Å². The van der Waals surface area contributed by atoms with E-state index in [0.717, 1.165) is 36.4 Å². The van der Waals surface area contributed by atoms with Crippen molar-refractivity contribution < 1.29 is 0 Å². The van der Waals surface area contributed by atoms with Crippen molar-refractivity contribution in [3.05, 3.63) is 44.3 Å². The first-order valence-electron chi connectivity index (χ1n) is 8.29. The van der Waals surface area contributed by atoms with Crippen LogP contribution in [-0.2, 0) is 12.8 Å². The zero-order valence-electron chi connectivity index (χ0n) is 13.2. The third-order valence-corrected chi connectivity index (χ3v) is 5.49. The van der Waals surface area contributed by atoms with Gasteiger partial charge in [-0.2, -0.15) is 5.10 Å². The van der Waals surface area contributed by atoms with E-state index in [4.69, 9.17) is 10.1 Å². The molecule has 1 saturated carbocycles. The van der Waals surface area contributed by atoms with Crippen molar-refractivity contribution in [2.45, 2.75) is 51.5 Å². The summed E-state index contributed by atoms with van der Waals surface area (Å²) < 4.78 is 2.02. The number of nitrogens with one attached hydrogen (secondary N) is 1. The number of rotatable bonds is 4. The van der Waals surface area contributed by atoms with Crippen molar-refractivity contribution in [2.75, 3.05) is 0 Å². The Morgan fingerprint density at radius 2 is 2.22 bits per heavy atom. The van der Waals surface area contributed by atoms with Gasteiger partial charge < -0.3 is 4.98 Å². The van der Waals surface area contributed by atoms with Crippen LogP contribution >= 0.6 is 11.3 Å². The molecule has 3 aromatic heterocycles. The third-order valence-electron chi connectivity index (χ3n) is 4.61. The Balaban J connectivity index is 1.85. The van der Waals surface area contributed by atoms with Crippen molar-refractivity contribution in [1.29, 1.82) is 0 Å². The van der Waals surface area contributed by atoms with Crippen molar-refractivity contribution >= 4 is 22.4 Å². The van der Waals surface area contributed by atoms with Crippen LogP contribution in [0.25, 0.3) is 11.0 Å². The van der Waals surface area contributed by atoms with Crippen LogP contribution in [0.4, 0.5) is 0 Å². The summed E-state index contributed by atoms with van der Waals surface area (Å²) in [7, 11) is 0. The molecule has 0 aliphatic heterocycles. The standard InChI is InChI=1S/C17H20N4OS/c1-2-13-15-16(21(20-13)11-6-3-4-7-11)18-14(19-17(15)22)10-12-8-5-9-23-12/h5,8-9,11H,2-4,6-7,10H2,1H3,(H,18,19,22). The number of nitrogens with zero attached hydrogens (tertiary/aromatic N) is 3. The van der Waals surface area contributed by atoms with Gasteiger partial charge in [-0.3, -0.25) is 4.79 Å². The second-order valence-electron chi connectivity index (χ2n) is 6.15. The third kappa shape index (κ3) is 2.61. The number of aromatic amines is 1. The van der Waals surface area contributed by atoms with E-state index in [-0.39, 0.29) is 5.56 Å². The van der Waals surface area contributed by atoms with E-state index in [2.05, 4.69) is 11.1 Å². The molecule has 1 fully saturated rings. The molecule has 1 N–H and O–H groups in total. The van der Waals surface area contributed by atoms with Crippen LogP contribution < -0.4 is 5.56 Å². The normalized spacial score (nSPS) is 15.7. The topological polar surface area (TPSA) is 63.6 Å². The van der Waals surface area contributed by atoms with Crippen molar-refractivity contribution in [1.82, 2.24) is 19.7 Å². The SMILES string of the molecule is CCc1nn(C2CCCC2)c2nc(Cc3cccs3)[nH]c(=O)c12. The lowest BCUT2D eigenvalue weighted by atomic mass is 10.2. The van der Waals surface area contributed by atoms with Crippen LogP contribution in [0.2, 0.25) is 0 Å². The quantitative estimate of drug-likeness (QED) is 0.798. The molecule has 0 atom stereocenters. The van der Waals surface area contributed by atoms with Gasteiger partial charge >= 0.3 is 0 Å². The van der Waals surface area contributed by atoms with Crippen LogP contribution in [-0.4, -0.2) is 19.7 Å². The first kappa shape index (κ1) is 14.6. The largest absolute Gasteiger partial charge is 0.310 e. The highest BCUT2D eigenvalue weighted by Gasteiger charge is 2.24. The first-order valence-corrected chi connectivity index (χ1v) is 9.17. The molecule has 0 unspecified atom stereocenters. The molecule has 4 rings (SSSR count). The average Bonchev–Trinajstić information content (AvgIpc) is 3.27.